The Kier molecular flexibility index (Phi) is 2.30. The number of rotatable bonds is 4. The fourth-order valence-corrected chi connectivity index (χ4v) is 1.92. The largest absolute Gasteiger partial charge is 0.362 e. The van der Waals surface area contributed by atoms with Gasteiger partial charge >= 0.3 is 0 Å². The van der Waals surface area contributed by atoms with Gasteiger partial charge in [0.25, 0.3) is 0 Å². The Bertz CT molecular complexity index is 253. The summed E-state index contributed by atoms with van der Waals surface area (Å²) in [6.45, 7) is 3.18. The molecule has 2 nitrogen and oxygen atoms in total. The summed E-state index contributed by atoms with van der Waals surface area (Å²) in [6.07, 6.45) is 6.12. The zero-order valence-electron chi connectivity index (χ0n) is 7.34. The number of nitrogens with one attached hydrogen (secondary N) is 1. The zero-order valence-corrected chi connectivity index (χ0v) is 8.16. The van der Waals surface area contributed by atoms with Gasteiger partial charge in [-0.1, -0.05) is 12.8 Å². The summed E-state index contributed by atoms with van der Waals surface area (Å²) < 4.78 is 0. The molecule has 1 fully saturated rings. The van der Waals surface area contributed by atoms with Gasteiger partial charge in [0.15, 0.2) is 5.13 Å². The average Bonchev–Trinajstić information content (AvgIpc) is 2.76. The molecule has 0 aromatic carbocycles. The molecule has 0 bridgehead atoms. The number of aromatic nitrogens is 1. The molecule has 1 aliphatic carbocycles. The number of thiazole rings is 1. The lowest BCUT2D eigenvalue weighted by Crippen LogP contribution is -2.01. The van der Waals surface area contributed by atoms with Crippen LogP contribution in [0.5, 0.6) is 0 Å². The van der Waals surface area contributed by atoms with Crippen LogP contribution in [0, 0.1) is 12.8 Å². The molecule has 0 saturated heterocycles. The van der Waals surface area contributed by atoms with Crippen LogP contribution >= 0.6 is 11.3 Å². The molecule has 1 saturated carbocycles. The highest BCUT2D eigenvalue weighted by atomic mass is 32.1. The summed E-state index contributed by atoms with van der Waals surface area (Å²) in [5.74, 6) is 1.01. The monoisotopic (exact) mass is 182 g/mol. The Morgan fingerprint density at radius 2 is 2.50 bits per heavy atom. The SMILES string of the molecule is Cc1cnc(NCCC2CC2)s1. The second-order valence-electron chi connectivity index (χ2n) is 3.43. The standard InChI is InChI=1S/C9H14N2S/c1-7-6-11-9(12-7)10-5-4-8-2-3-8/h6,8H,2-5H2,1H3,(H,10,11). The third-order valence-electron chi connectivity index (χ3n) is 2.15. The summed E-state index contributed by atoms with van der Waals surface area (Å²) in [6, 6.07) is 0. The van der Waals surface area contributed by atoms with Crippen molar-refractivity contribution in [2.45, 2.75) is 26.2 Å². The lowest BCUT2D eigenvalue weighted by atomic mass is 10.3. The van der Waals surface area contributed by atoms with Gasteiger partial charge in [-0.05, 0) is 19.3 Å². The van der Waals surface area contributed by atoms with Crippen molar-refractivity contribution in [3.63, 3.8) is 0 Å². The van der Waals surface area contributed by atoms with Crippen molar-refractivity contribution in [3.8, 4) is 0 Å². The molecule has 0 amide bonds. The Balaban J connectivity index is 1.71. The van der Waals surface area contributed by atoms with Crippen LogP contribution in [0.4, 0.5) is 5.13 Å². The van der Waals surface area contributed by atoms with E-state index in [1.165, 1.54) is 24.1 Å². The molecule has 3 heteroatoms. The predicted molar refractivity (Wildman–Crippen MR) is 52.7 cm³/mol. The maximum Gasteiger partial charge on any atom is 0.182 e. The molecular formula is C9H14N2S. The van der Waals surface area contributed by atoms with E-state index in [2.05, 4.69) is 17.2 Å². The first-order valence-electron chi connectivity index (χ1n) is 4.51. The number of anilines is 1. The molecule has 1 heterocycles. The molecule has 1 N–H and O–H groups in total. The molecule has 0 aliphatic heterocycles. The molecule has 1 aliphatic rings. The van der Waals surface area contributed by atoms with Gasteiger partial charge in [-0.2, -0.15) is 0 Å². The first-order valence-corrected chi connectivity index (χ1v) is 5.32. The Morgan fingerprint density at radius 3 is 3.08 bits per heavy atom. The van der Waals surface area contributed by atoms with Gasteiger partial charge in [0.2, 0.25) is 0 Å². The lowest BCUT2D eigenvalue weighted by molar-refractivity contribution is 0.760. The molecule has 12 heavy (non-hydrogen) atoms. The van der Waals surface area contributed by atoms with Crippen molar-refractivity contribution in [2.24, 2.45) is 5.92 Å². The maximum absolute atomic E-state index is 4.24. The van der Waals surface area contributed by atoms with Crippen LogP contribution in [0.15, 0.2) is 6.20 Å². The molecule has 1 aromatic heterocycles. The number of hydrogen-bond acceptors (Lipinski definition) is 3. The first-order chi connectivity index (χ1) is 5.84. The normalized spacial score (nSPS) is 16.4. The highest BCUT2D eigenvalue weighted by Gasteiger charge is 2.20. The fourth-order valence-electron chi connectivity index (χ4n) is 1.23. The Morgan fingerprint density at radius 1 is 1.67 bits per heavy atom. The molecular weight excluding hydrogens is 168 g/mol. The topological polar surface area (TPSA) is 24.9 Å². The number of nitrogens with zero attached hydrogens (tertiary/aromatic N) is 1. The Labute approximate surface area is 77.0 Å². The van der Waals surface area contributed by atoms with Crippen molar-refractivity contribution in [1.29, 1.82) is 0 Å². The average molecular weight is 182 g/mol. The van der Waals surface area contributed by atoms with Crippen LogP contribution in [0.1, 0.15) is 24.1 Å². The van der Waals surface area contributed by atoms with Crippen molar-refractivity contribution in [3.05, 3.63) is 11.1 Å². The van der Waals surface area contributed by atoms with Crippen LogP contribution in [0.3, 0.4) is 0 Å². The van der Waals surface area contributed by atoms with E-state index in [0.29, 0.717) is 0 Å². The summed E-state index contributed by atoms with van der Waals surface area (Å²) in [5, 5.41) is 4.42. The molecule has 2 rings (SSSR count). The van der Waals surface area contributed by atoms with Gasteiger partial charge in [0, 0.05) is 17.6 Å². The highest BCUT2D eigenvalue weighted by molar-refractivity contribution is 7.15. The van der Waals surface area contributed by atoms with E-state index in [-0.39, 0.29) is 0 Å². The van der Waals surface area contributed by atoms with Crippen molar-refractivity contribution < 1.29 is 0 Å². The van der Waals surface area contributed by atoms with Gasteiger partial charge < -0.3 is 5.32 Å². The minimum Gasteiger partial charge on any atom is -0.362 e. The molecule has 0 spiro atoms. The van der Waals surface area contributed by atoms with Crippen LogP contribution in [-0.4, -0.2) is 11.5 Å². The number of hydrogen-bond donors (Lipinski definition) is 1. The fraction of sp³-hybridized carbons (Fsp3) is 0.667. The predicted octanol–water partition coefficient (Wildman–Crippen LogP) is 2.66. The Hall–Kier alpha value is -0.570. The second-order valence-corrected chi connectivity index (χ2v) is 4.67. The molecule has 0 radical (unpaired) electrons. The van der Waals surface area contributed by atoms with Crippen LogP contribution in [0.25, 0.3) is 0 Å². The third kappa shape index (κ3) is 2.21. The van der Waals surface area contributed by atoms with E-state index in [1.54, 1.807) is 11.3 Å². The van der Waals surface area contributed by atoms with Gasteiger partial charge in [0.05, 0.1) is 0 Å². The van der Waals surface area contributed by atoms with Gasteiger partial charge in [0.1, 0.15) is 0 Å². The van der Waals surface area contributed by atoms with Gasteiger partial charge in [-0.15, -0.1) is 11.3 Å². The first kappa shape index (κ1) is 8.05. The van der Waals surface area contributed by atoms with Crippen LogP contribution < -0.4 is 5.32 Å². The van der Waals surface area contributed by atoms with E-state index in [1.807, 2.05) is 6.20 Å². The molecule has 1 aromatic rings. The molecule has 66 valence electrons. The van der Waals surface area contributed by atoms with Crippen molar-refractivity contribution in [2.75, 3.05) is 11.9 Å². The van der Waals surface area contributed by atoms with E-state index in [0.717, 1.165) is 17.6 Å². The summed E-state index contributed by atoms with van der Waals surface area (Å²) in [4.78, 5) is 5.52. The number of aryl methyl sites for hydroxylation is 1. The smallest absolute Gasteiger partial charge is 0.182 e. The maximum atomic E-state index is 4.24. The van der Waals surface area contributed by atoms with Crippen LogP contribution in [-0.2, 0) is 0 Å². The minimum atomic E-state index is 1.01. The van der Waals surface area contributed by atoms with Crippen LogP contribution in [0.2, 0.25) is 0 Å². The molecule has 0 atom stereocenters. The molecule has 0 unspecified atom stereocenters. The van der Waals surface area contributed by atoms with Gasteiger partial charge in [-0.25, -0.2) is 4.98 Å². The van der Waals surface area contributed by atoms with Crippen molar-refractivity contribution in [1.82, 2.24) is 4.98 Å². The summed E-state index contributed by atoms with van der Waals surface area (Å²) >= 11 is 1.74. The lowest BCUT2D eigenvalue weighted by Gasteiger charge is -1.99. The van der Waals surface area contributed by atoms with E-state index >= 15 is 0 Å². The minimum absolute atomic E-state index is 1.01. The van der Waals surface area contributed by atoms with E-state index in [9.17, 15) is 0 Å². The zero-order chi connectivity index (χ0) is 8.39. The van der Waals surface area contributed by atoms with E-state index < -0.39 is 0 Å². The second kappa shape index (κ2) is 3.44. The summed E-state index contributed by atoms with van der Waals surface area (Å²) in [7, 11) is 0. The van der Waals surface area contributed by atoms with Gasteiger partial charge in [-0.3, -0.25) is 0 Å². The highest BCUT2D eigenvalue weighted by Crippen LogP contribution is 2.32. The van der Waals surface area contributed by atoms with E-state index in [4.69, 9.17) is 0 Å². The van der Waals surface area contributed by atoms with Crippen molar-refractivity contribution >= 4 is 16.5 Å². The summed E-state index contributed by atoms with van der Waals surface area (Å²) in [5.41, 5.74) is 0. The quantitative estimate of drug-likeness (QED) is 0.774. The third-order valence-corrected chi connectivity index (χ3v) is 3.02.